The molecule has 1 aromatic carbocycles. The van der Waals surface area contributed by atoms with Crippen LogP contribution in [0.3, 0.4) is 0 Å². The third kappa shape index (κ3) is 3.43. The first-order valence-corrected chi connectivity index (χ1v) is 8.90. The van der Waals surface area contributed by atoms with Gasteiger partial charge in [0.15, 0.2) is 35.5 Å². The third-order valence-corrected chi connectivity index (χ3v) is 4.67. The summed E-state index contributed by atoms with van der Waals surface area (Å²) in [6.07, 6.45) is -3.48. The van der Waals surface area contributed by atoms with E-state index >= 15 is 0 Å². The molecule has 0 aromatic heterocycles. The van der Waals surface area contributed by atoms with Gasteiger partial charge in [-0.05, 0) is 39.8 Å². The fourth-order valence-electron chi connectivity index (χ4n) is 3.67. The normalized spacial score (nSPS) is 36.0. The molecule has 0 bridgehead atoms. The van der Waals surface area contributed by atoms with Crippen LogP contribution in [0.1, 0.15) is 27.7 Å². The van der Waals surface area contributed by atoms with Crippen molar-refractivity contribution < 1.29 is 38.0 Å². The molecule has 8 heteroatoms. The lowest BCUT2D eigenvalue weighted by Gasteiger charge is -2.35. The molecule has 4 rings (SSSR count). The smallest absolute Gasteiger partial charge is 0.343 e. The summed E-state index contributed by atoms with van der Waals surface area (Å²) >= 11 is 0. The summed E-state index contributed by atoms with van der Waals surface area (Å²) in [6.45, 7) is 7.13. The maximum absolute atomic E-state index is 12.9. The minimum atomic E-state index is -1.03. The number of rotatable bonds is 3. The minimum absolute atomic E-state index is 0.300. The van der Waals surface area contributed by atoms with Gasteiger partial charge in [0.05, 0.1) is 7.11 Å². The van der Waals surface area contributed by atoms with Crippen LogP contribution in [0.2, 0.25) is 0 Å². The fraction of sp³-hybridized carbons (Fsp3) is 0.632. The number of hydrogen-bond acceptors (Lipinski definition) is 8. The zero-order valence-electron chi connectivity index (χ0n) is 16.0. The molecule has 0 radical (unpaired) electrons. The van der Waals surface area contributed by atoms with Gasteiger partial charge in [-0.15, -0.1) is 0 Å². The Kier molecular flexibility index (Phi) is 4.44. The van der Waals surface area contributed by atoms with Gasteiger partial charge in [0.25, 0.3) is 0 Å². The van der Waals surface area contributed by atoms with E-state index in [0.717, 1.165) is 0 Å². The molecule has 1 aromatic rings. The van der Waals surface area contributed by atoms with Crippen molar-refractivity contribution >= 4 is 5.97 Å². The van der Waals surface area contributed by atoms with Crippen LogP contribution in [0.25, 0.3) is 0 Å². The number of carbonyl (C=O) groups excluding carboxylic acids is 1. The van der Waals surface area contributed by atoms with E-state index < -0.39 is 48.2 Å². The second-order valence-electron chi connectivity index (χ2n) is 7.66. The zero-order valence-corrected chi connectivity index (χ0v) is 16.0. The molecule has 3 aliphatic heterocycles. The molecule has 0 N–H and O–H groups in total. The van der Waals surface area contributed by atoms with Crippen molar-refractivity contribution in [1.82, 2.24) is 0 Å². The number of benzene rings is 1. The molecule has 5 unspecified atom stereocenters. The monoisotopic (exact) mass is 380 g/mol. The molecule has 0 spiro atoms. The molecule has 3 fully saturated rings. The summed E-state index contributed by atoms with van der Waals surface area (Å²) in [7, 11) is 1.51. The van der Waals surface area contributed by atoms with E-state index in [1.165, 1.54) is 7.11 Å². The Morgan fingerprint density at radius 1 is 0.889 bits per heavy atom. The quantitative estimate of drug-likeness (QED) is 0.582. The third-order valence-electron chi connectivity index (χ3n) is 4.67. The number of hydrogen-bond donors (Lipinski definition) is 0. The lowest BCUT2D eigenvalue weighted by atomic mass is 9.99. The van der Waals surface area contributed by atoms with Gasteiger partial charge in [-0.25, -0.2) is 4.79 Å². The van der Waals surface area contributed by atoms with Crippen molar-refractivity contribution in [1.29, 1.82) is 0 Å². The second-order valence-corrected chi connectivity index (χ2v) is 7.66. The van der Waals surface area contributed by atoms with Gasteiger partial charge >= 0.3 is 5.97 Å². The average Bonchev–Trinajstić information content (AvgIpc) is 3.08. The predicted octanol–water partition coefficient (Wildman–Crippen LogP) is 2.00. The zero-order chi connectivity index (χ0) is 19.4. The second kappa shape index (κ2) is 6.42. The van der Waals surface area contributed by atoms with Crippen molar-refractivity contribution in [2.45, 2.75) is 70.0 Å². The number of ether oxygens (including phenoxy) is 7. The number of methoxy groups -OCH3 is 1. The van der Waals surface area contributed by atoms with Gasteiger partial charge in [0.1, 0.15) is 18.3 Å². The van der Waals surface area contributed by atoms with E-state index in [-0.39, 0.29) is 0 Å². The molecular weight excluding hydrogens is 356 g/mol. The first-order valence-electron chi connectivity index (χ1n) is 8.90. The van der Waals surface area contributed by atoms with Crippen molar-refractivity contribution in [3.8, 4) is 11.5 Å². The highest BCUT2D eigenvalue weighted by Crippen LogP contribution is 2.44. The number of fused-ring (bicyclic) bond motifs is 3. The van der Waals surface area contributed by atoms with E-state index in [0.29, 0.717) is 11.5 Å². The first-order chi connectivity index (χ1) is 12.7. The van der Waals surface area contributed by atoms with Gasteiger partial charge in [0.2, 0.25) is 0 Å². The van der Waals surface area contributed by atoms with Crippen LogP contribution in [-0.2, 0) is 28.5 Å². The minimum Gasteiger partial charge on any atom is -0.493 e. The van der Waals surface area contributed by atoms with Gasteiger partial charge in [-0.2, -0.15) is 0 Å². The van der Waals surface area contributed by atoms with Crippen LogP contribution in [0, 0.1) is 0 Å². The Morgan fingerprint density at radius 2 is 1.48 bits per heavy atom. The number of esters is 1. The summed E-state index contributed by atoms with van der Waals surface area (Å²) in [5, 5.41) is 0. The first kappa shape index (κ1) is 18.6. The fourth-order valence-corrected chi connectivity index (χ4v) is 3.67. The standard InChI is InChI=1S/C19H24O8/c1-18(2)24-12-13(25-18)15-17(27-19(3,4)26-15)23-14(12)16(20)22-11-9-7-6-8-10(11)21-5/h6-9,12-15,17H,1-5H3. The highest BCUT2D eigenvalue weighted by atomic mass is 16.9. The lowest BCUT2D eigenvalue weighted by molar-refractivity contribution is -0.236. The van der Waals surface area contributed by atoms with Gasteiger partial charge < -0.3 is 33.2 Å². The SMILES string of the molecule is COc1ccccc1OC(=O)C1OC2OC(C)(C)OC2C2OC(C)(C)OC12. The van der Waals surface area contributed by atoms with Crippen LogP contribution in [0.5, 0.6) is 11.5 Å². The van der Waals surface area contributed by atoms with Crippen molar-refractivity contribution in [3.63, 3.8) is 0 Å². The van der Waals surface area contributed by atoms with Crippen LogP contribution < -0.4 is 9.47 Å². The molecule has 148 valence electrons. The van der Waals surface area contributed by atoms with E-state index in [4.69, 9.17) is 33.2 Å². The molecule has 3 aliphatic rings. The molecule has 0 amide bonds. The predicted molar refractivity (Wildman–Crippen MR) is 91.2 cm³/mol. The van der Waals surface area contributed by atoms with Crippen molar-refractivity contribution in [2.75, 3.05) is 7.11 Å². The highest BCUT2D eigenvalue weighted by Gasteiger charge is 2.62. The molecule has 3 saturated heterocycles. The van der Waals surface area contributed by atoms with Crippen LogP contribution in [-0.4, -0.2) is 55.4 Å². The maximum Gasteiger partial charge on any atom is 0.343 e. The maximum atomic E-state index is 12.9. The molecule has 0 saturated carbocycles. The number of carbonyl (C=O) groups is 1. The molecule has 8 nitrogen and oxygen atoms in total. The topological polar surface area (TPSA) is 81.7 Å². The summed E-state index contributed by atoms with van der Waals surface area (Å²) < 4.78 is 40.3. The Morgan fingerprint density at radius 3 is 2.19 bits per heavy atom. The molecule has 27 heavy (non-hydrogen) atoms. The van der Waals surface area contributed by atoms with Crippen LogP contribution in [0.4, 0.5) is 0 Å². The summed E-state index contributed by atoms with van der Waals surface area (Å²) in [6, 6.07) is 6.89. The Bertz CT molecular complexity index is 730. The highest BCUT2D eigenvalue weighted by molar-refractivity contribution is 5.79. The van der Waals surface area contributed by atoms with Gasteiger partial charge in [-0.1, -0.05) is 12.1 Å². The number of para-hydroxylation sites is 2. The Hall–Kier alpha value is -1.71. The van der Waals surface area contributed by atoms with Crippen molar-refractivity contribution in [3.05, 3.63) is 24.3 Å². The van der Waals surface area contributed by atoms with E-state index in [1.807, 2.05) is 0 Å². The Balaban J connectivity index is 1.59. The summed E-state index contributed by atoms with van der Waals surface area (Å²) in [5.41, 5.74) is 0. The van der Waals surface area contributed by atoms with E-state index in [2.05, 4.69) is 0 Å². The van der Waals surface area contributed by atoms with E-state index in [1.54, 1.807) is 52.0 Å². The van der Waals surface area contributed by atoms with Gasteiger partial charge in [0, 0.05) is 0 Å². The molecule has 3 heterocycles. The lowest BCUT2D eigenvalue weighted by Crippen LogP contribution is -2.58. The molecule has 5 atom stereocenters. The van der Waals surface area contributed by atoms with E-state index in [9.17, 15) is 4.79 Å². The molecular formula is C19H24O8. The van der Waals surface area contributed by atoms with Crippen molar-refractivity contribution in [2.24, 2.45) is 0 Å². The van der Waals surface area contributed by atoms with Crippen LogP contribution in [0.15, 0.2) is 24.3 Å². The molecule has 0 aliphatic carbocycles. The largest absolute Gasteiger partial charge is 0.493 e. The van der Waals surface area contributed by atoms with Gasteiger partial charge in [-0.3, -0.25) is 0 Å². The Labute approximate surface area is 157 Å². The van der Waals surface area contributed by atoms with Crippen LogP contribution >= 0.6 is 0 Å². The average molecular weight is 380 g/mol. The summed E-state index contributed by atoms with van der Waals surface area (Å²) in [4.78, 5) is 12.9. The summed E-state index contributed by atoms with van der Waals surface area (Å²) in [5.74, 6) is -1.59.